The maximum atomic E-state index is 14.2. The van der Waals surface area contributed by atoms with Crippen molar-refractivity contribution in [3.8, 4) is 5.75 Å². The zero-order chi connectivity index (χ0) is 29.1. The predicted octanol–water partition coefficient (Wildman–Crippen LogP) is 2.14. The molecule has 0 saturated carbocycles. The van der Waals surface area contributed by atoms with E-state index in [1.807, 2.05) is 0 Å². The highest BCUT2D eigenvalue weighted by Crippen LogP contribution is 2.42. The smallest absolute Gasteiger partial charge is 0.359 e. The Kier molecular flexibility index (Phi) is 9.77. The molecule has 1 aliphatic rings. The second-order valence-electron chi connectivity index (χ2n) is 7.57. The van der Waals surface area contributed by atoms with Crippen LogP contribution >= 0.6 is 15.9 Å². The lowest BCUT2D eigenvalue weighted by Gasteiger charge is -2.47. The van der Waals surface area contributed by atoms with Crippen LogP contribution in [-0.4, -0.2) is 65.4 Å². The van der Waals surface area contributed by atoms with E-state index in [9.17, 15) is 45.9 Å². The standard InChI is InChI=1S/C21H18BrF5O11/c1-6(28)33-5-10-16(34-7(2)29)18(35-8(3)30)19(36-9(4)31)21(22,38-10)20(32)37-17-14(26)12(24)11(23)13(25)15(17)27/h10,16,18-19H,5H2,1-4H3/t10-,16+,18+,19-,21-/m1/s1. The molecule has 0 bridgehead atoms. The summed E-state index contributed by atoms with van der Waals surface area (Å²) in [6.45, 7) is 2.77. The molecule has 1 aliphatic heterocycles. The molecule has 1 heterocycles. The van der Waals surface area contributed by atoms with Gasteiger partial charge in [0.05, 0.1) is 0 Å². The summed E-state index contributed by atoms with van der Waals surface area (Å²) >= 11 is 2.73. The normalized spacial score (nSPS) is 24.7. The Morgan fingerprint density at radius 2 is 1.18 bits per heavy atom. The molecular formula is C21H18BrF5O11. The van der Waals surface area contributed by atoms with E-state index < -0.39 is 100 Å². The van der Waals surface area contributed by atoms with Gasteiger partial charge in [-0.15, -0.1) is 0 Å². The predicted molar refractivity (Wildman–Crippen MR) is 112 cm³/mol. The molecule has 210 valence electrons. The monoisotopic (exact) mass is 620 g/mol. The second-order valence-corrected chi connectivity index (χ2v) is 8.75. The van der Waals surface area contributed by atoms with E-state index in [4.69, 9.17) is 23.7 Å². The van der Waals surface area contributed by atoms with Crippen LogP contribution in [-0.2, 0) is 47.7 Å². The topological polar surface area (TPSA) is 141 Å². The third kappa shape index (κ3) is 6.56. The highest BCUT2D eigenvalue weighted by atomic mass is 79.9. The molecule has 1 fully saturated rings. The molecule has 0 unspecified atom stereocenters. The minimum absolute atomic E-state index is 0.805. The van der Waals surface area contributed by atoms with Crippen LogP contribution in [0.5, 0.6) is 5.75 Å². The molecule has 0 aromatic heterocycles. The average Bonchev–Trinajstić information content (AvgIpc) is 2.81. The van der Waals surface area contributed by atoms with Crippen molar-refractivity contribution in [3.63, 3.8) is 0 Å². The van der Waals surface area contributed by atoms with Crippen LogP contribution in [0.2, 0.25) is 0 Å². The van der Waals surface area contributed by atoms with E-state index in [1.165, 1.54) is 0 Å². The Morgan fingerprint density at radius 1 is 0.737 bits per heavy atom. The van der Waals surface area contributed by atoms with Gasteiger partial charge in [0.15, 0.2) is 18.3 Å². The highest BCUT2D eigenvalue weighted by molar-refractivity contribution is 9.10. The molecule has 5 atom stereocenters. The first kappa shape index (κ1) is 30.9. The van der Waals surface area contributed by atoms with Crippen molar-refractivity contribution >= 4 is 45.8 Å². The number of hydrogen-bond acceptors (Lipinski definition) is 11. The Balaban J connectivity index is 2.68. The van der Waals surface area contributed by atoms with Crippen molar-refractivity contribution < 1.29 is 74.3 Å². The van der Waals surface area contributed by atoms with Gasteiger partial charge in [-0.05, 0) is 15.9 Å². The quantitative estimate of drug-likeness (QED) is 0.0842. The van der Waals surface area contributed by atoms with Crippen LogP contribution in [0.15, 0.2) is 0 Å². The number of carbonyl (C=O) groups is 5. The van der Waals surface area contributed by atoms with Gasteiger partial charge in [-0.1, -0.05) is 0 Å². The van der Waals surface area contributed by atoms with E-state index in [-0.39, 0.29) is 0 Å². The first-order valence-corrected chi connectivity index (χ1v) is 11.1. The van der Waals surface area contributed by atoms with Gasteiger partial charge in [-0.25, -0.2) is 18.0 Å². The lowest BCUT2D eigenvalue weighted by molar-refractivity contribution is -0.259. The van der Waals surface area contributed by atoms with E-state index in [0.29, 0.717) is 0 Å². The van der Waals surface area contributed by atoms with Gasteiger partial charge in [0.2, 0.25) is 34.8 Å². The summed E-state index contributed by atoms with van der Waals surface area (Å²) in [7, 11) is 0. The van der Waals surface area contributed by atoms with E-state index in [0.717, 1.165) is 27.7 Å². The molecule has 2 rings (SSSR count). The Labute approximate surface area is 218 Å². The zero-order valence-electron chi connectivity index (χ0n) is 19.8. The summed E-state index contributed by atoms with van der Waals surface area (Å²) in [6.07, 6.45) is -7.55. The summed E-state index contributed by atoms with van der Waals surface area (Å²) in [5.74, 6) is -20.7. The minimum atomic E-state index is -2.93. The van der Waals surface area contributed by atoms with Gasteiger partial charge in [0.25, 0.3) is 4.51 Å². The molecule has 0 radical (unpaired) electrons. The summed E-state index contributed by atoms with van der Waals surface area (Å²) in [5, 5.41) is 0. The molecule has 0 aliphatic carbocycles. The number of alkyl halides is 1. The van der Waals surface area contributed by atoms with Gasteiger partial charge in [-0.3, -0.25) is 19.2 Å². The number of ether oxygens (including phenoxy) is 6. The molecule has 0 spiro atoms. The van der Waals surface area contributed by atoms with Gasteiger partial charge in [0.1, 0.15) is 12.7 Å². The number of esters is 5. The SMILES string of the molecule is CC(=O)OC[C@H]1O[C@@](Br)(C(=O)Oc2c(F)c(F)c(F)c(F)c2F)[C@H](OC(C)=O)[C@@H](OC(C)=O)[C@H]1OC(C)=O. The molecule has 11 nitrogen and oxygen atoms in total. The molecule has 1 aromatic rings. The van der Waals surface area contributed by atoms with Gasteiger partial charge >= 0.3 is 29.8 Å². The van der Waals surface area contributed by atoms with Crippen molar-refractivity contribution in [1.82, 2.24) is 0 Å². The summed E-state index contributed by atoms with van der Waals surface area (Å²) in [4.78, 5) is 59.9. The summed E-state index contributed by atoms with van der Waals surface area (Å²) in [6, 6.07) is 0. The van der Waals surface area contributed by atoms with Gasteiger partial charge in [-0.2, -0.15) is 8.78 Å². The molecule has 1 aromatic carbocycles. The van der Waals surface area contributed by atoms with Crippen LogP contribution in [0.25, 0.3) is 0 Å². The molecule has 17 heteroatoms. The van der Waals surface area contributed by atoms with Gasteiger partial charge < -0.3 is 28.4 Å². The molecule has 38 heavy (non-hydrogen) atoms. The number of carbonyl (C=O) groups excluding carboxylic acids is 5. The van der Waals surface area contributed by atoms with Crippen LogP contribution in [0.4, 0.5) is 22.0 Å². The minimum Gasteiger partial charge on any atom is -0.463 e. The molecule has 0 N–H and O–H groups in total. The maximum absolute atomic E-state index is 14.2. The number of halogens is 6. The Morgan fingerprint density at radius 3 is 1.63 bits per heavy atom. The lowest BCUT2D eigenvalue weighted by Crippen LogP contribution is -2.68. The van der Waals surface area contributed by atoms with Crippen molar-refractivity contribution in [2.45, 2.75) is 56.6 Å². The lowest BCUT2D eigenvalue weighted by atomic mass is 9.94. The van der Waals surface area contributed by atoms with Crippen LogP contribution < -0.4 is 4.74 Å². The van der Waals surface area contributed by atoms with E-state index in [1.54, 1.807) is 0 Å². The van der Waals surface area contributed by atoms with Crippen molar-refractivity contribution in [2.24, 2.45) is 0 Å². The van der Waals surface area contributed by atoms with Crippen LogP contribution in [0.1, 0.15) is 27.7 Å². The highest BCUT2D eigenvalue weighted by Gasteiger charge is 2.64. The number of rotatable bonds is 7. The fourth-order valence-corrected chi connectivity index (χ4v) is 3.93. The maximum Gasteiger partial charge on any atom is 0.359 e. The van der Waals surface area contributed by atoms with Crippen LogP contribution in [0, 0.1) is 29.1 Å². The third-order valence-electron chi connectivity index (χ3n) is 4.67. The average molecular weight is 621 g/mol. The van der Waals surface area contributed by atoms with E-state index in [2.05, 4.69) is 20.7 Å². The Hall–Kier alpha value is -3.34. The third-order valence-corrected chi connectivity index (χ3v) is 5.63. The fraction of sp³-hybridized carbons (Fsp3) is 0.476. The number of benzene rings is 1. The summed E-state index contributed by atoms with van der Waals surface area (Å²) < 4.78 is 96.0. The van der Waals surface area contributed by atoms with Crippen molar-refractivity contribution in [2.75, 3.05) is 6.61 Å². The zero-order valence-corrected chi connectivity index (χ0v) is 21.4. The van der Waals surface area contributed by atoms with Crippen molar-refractivity contribution in [1.29, 1.82) is 0 Å². The van der Waals surface area contributed by atoms with Crippen molar-refractivity contribution in [3.05, 3.63) is 29.1 Å². The molecule has 1 saturated heterocycles. The fourth-order valence-electron chi connectivity index (χ4n) is 3.26. The van der Waals surface area contributed by atoms with E-state index >= 15 is 0 Å². The Bertz CT molecular complexity index is 1130. The molecule has 0 amide bonds. The largest absolute Gasteiger partial charge is 0.463 e. The van der Waals surface area contributed by atoms with Gasteiger partial charge in [0, 0.05) is 27.7 Å². The number of hydrogen-bond donors (Lipinski definition) is 0. The molecular weight excluding hydrogens is 603 g/mol. The van der Waals surface area contributed by atoms with Crippen LogP contribution in [0.3, 0.4) is 0 Å². The first-order chi connectivity index (χ1) is 17.5. The second kappa shape index (κ2) is 12.0. The first-order valence-electron chi connectivity index (χ1n) is 10.3. The summed E-state index contributed by atoms with van der Waals surface area (Å²) in [5.41, 5.74) is 0.